The summed E-state index contributed by atoms with van der Waals surface area (Å²) in [7, 11) is 0. The zero-order valence-electron chi connectivity index (χ0n) is 11.6. The van der Waals surface area contributed by atoms with E-state index in [1.54, 1.807) is 18.2 Å². The molecule has 2 aromatic carbocycles. The predicted molar refractivity (Wildman–Crippen MR) is 77.1 cm³/mol. The number of rotatable bonds is 2. The molecule has 7 heteroatoms. The Morgan fingerprint density at radius 2 is 1.70 bits per heavy atom. The first-order valence-electron chi connectivity index (χ1n) is 6.72. The van der Waals surface area contributed by atoms with Crippen LogP contribution in [0, 0.1) is 0 Å². The highest BCUT2D eigenvalue weighted by Crippen LogP contribution is 2.38. The minimum absolute atomic E-state index is 0.0440. The van der Waals surface area contributed by atoms with Gasteiger partial charge in [0.25, 0.3) is 11.8 Å². The summed E-state index contributed by atoms with van der Waals surface area (Å²) < 4.78 is 10.4. The van der Waals surface area contributed by atoms with Crippen LogP contribution in [0.3, 0.4) is 0 Å². The summed E-state index contributed by atoms with van der Waals surface area (Å²) >= 11 is 0. The van der Waals surface area contributed by atoms with Crippen molar-refractivity contribution in [3.8, 4) is 11.5 Å². The highest BCUT2D eigenvalue weighted by atomic mass is 16.7. The van der Waals surface area contributed by atoms with Gasteiger partial charge in [0.05, 0.1) is 22.4 Å². The normalized spacial score (nSPS) is 15.0. The zero-order valence-corrected chi connectivity index (χ0v) is 11.6. The number of hydrogen-bond acceptors (Lipinski definition) is 5. The van der Waals surface area contributed by atoms with Crippen LogP contribution in [0.25, 0.3) is 0 Å². The molecule has 0 aromatic heterocycles. The largest absolute Gasteiger partial charge is 0.478 e. The highest BCUT2D eigenvalue weighted by Gasteiger charge is 2.37. The number of hydrogen-bond donors (Lipinski definition) is 1. The Morgan fingerprint density at radius 3 is 2.48 bits per heavy atom. The van der Waals surface area contributed by atoms with E-state index >= 15 is 0 Å². The summed E-state index contributed by atoms with van der Waals surface area (Å²) in [5.74, 6) is -1.23. The maximum Gasteiger partial charge on any atom is 0.335 e. The molecule has 0 bridgehead atoms. The summed E-state index contributed by atoms with van der Waals surface area (Å²) in [6.45, 7) is 0.0862. The molecular formula is C16H9NO6. The molecule has 2 aliphatic heterocycles. The van der Waals surface area contributed by atoms with Gasteiger partial charge in [-0.3, -0.25) is 9.59 Å². The van der Waals surface area contributed by atoms with Gasteiger partial charge in [-0.25, -0.2) is 9.69 Å². The summed E-state index contributed by atoms with van der Waals surface area (Å²) in [5.41, 5.74) is 0.556. The first kappa shape index (κ1) is 13.3. The van der Waals surface area contributed by atoms with Crippen molar-refractivity contribution in [2.45, 2.75) is 0 Å². The van der Waals surface area contributed by atoms with Gasteiger partial charge in [-0.05, 0) is 30.3 Å². The number of imide groups is 1. The lowest BCUT2D eigenvalue weighted by atomic mass is 10.1. The number of fused-ring (bicyclic) bond motifs is 2. The van der Waals surface area contributed by atoms with Crippen molar-refractivity contribution >= 4 is 23.5 Å². The Balaban J connectivity index is 1.78. The molecule has 4 rings (SSSR count). The number of carboxylic acids is 1. The van der Waals surface area contributed by atoms with Crippen LogP contribution in [0.1, 0.15) is 31.1 Å². The molecule has 0 saturated heterocycles. The molecule has 0 atom stereocenters. The summed E-state index contributed by atoms with van der Waals surface area (Å²) in [6, 6.07) is 8.60. The first-order valence-corrected chi connectivity index (χ1v) is 6.72. The van der Waals surface area contributed by atoms with E-state index in [1.807, 2.05) is 0 Å². The summed E-state index contributed by atoms with van der Waals surface area (Å²) in [5, 5.41) is 9.02. The third-order valence-electron chi connectivity index (χ3n) is 3.75. The van der Waals surface area contributed by atoms with E-state index in [0.717, 1.165) is 4.90 Å². The number of nitrogens with zero attached hydrogens (tertiary/aromatic N) is 1. The molecule has 114 valence electrons. The second kappa shape index (κ2) is 4.57. The maximum atomic E-state index is 12.5. The zero-order chi connectivity index (χ0) is 16.1. The average Bonchev–Trinajstić information content (AvgIpc) is 3.10. The fraction of sp³-hybridized carbons (Fsp3) is 0.0625. The molecule has 1 N–H and O–H groups in total. The van der Waals surface area contributed by atoms with E-state index in [4.69, 9.17) is 14.6 Å². The van der Waals surface area contributed by atoms with E-state index in [0.29, 0.717) is 17.2 Å². The van der Waals surface area contributed by atoms with Crippen LogP contribution in [-0.4, -0.2) is 29.7 Å². The number of carbonyl (C=O) groups excluding carboxylic acids is 2. The van der Waals surface area contributed by atoms with Gasteiger partial charge in [0, 0.05) is 6.07 Å². The van der Waals surface area contributed by atoms with Crippen molar-refractivity contribution in [1.29, 1.82) is 0 Å². The van der Waals surface area contributed by atoms with E-state index in [9.17, 15) is 14.4 Å². The van der Waals surface area contributed by atoms with E-state index in [2.05, 4.69) is 0 Å². The minimum Gasteiger partial charge on any atom is -0.478 e. The summed E-state index contributed by atoms with van der Waals surface area (Å²) in [6.07, 6.45) is 0. The van der Waals surface area contributed by atoms with Gasteiger partial charge in [0.2, 0.25) is 6.79 Å². The molecule has 2 heterocycles. The van der Waals surface area contributed by atoms with Crippen LogP contribution in [0.4, 0.5) is 5.69 Å². The van der Waals surface area contributed by atoms with E-state index in [-0.39, 0.29) is 23.5 Å². The Kier molecular flexibility index (Phi) is 2.65. The molecule has 2 aliphatic rings. The van der Waals surface area contributed by atoms with Crippen LogP contribution in [-0.2, 0) is 0 Å². The lowest BCUT2D eigenvalue weighted by Gasteiger charge is -2.14. The lowest BCUT2D eigenvalue weighted by molar-refractivity contribution is 0.0696. The van der Waals surface area contributed by atoms with Crippen molar-refractivity contribution in [2.24, 2.45) is 0 Å². The van der Waals surface area contributed by atoms with Crippen LogP contribution in [0.2, 0.25) is 0 Å². The number of carboxylic acid groups (broad SMARTS) is 1. The number of aromatic carboxylic acids is 1. The minimum atomic E-state index is -1.16. The predicted octanol–water partition coefficient (Wildman–Crippen LogP) is 1.91. The SMILES string of the molecule is O=C(O)c1ccc2c(c1)C(=O)N(c1ccc3c(c1)OCO3)C2=O. The molecular weight excluding hydrogens is 302 g/mol. The topological polar surface area (TPSA) is 93.1 Å². The monoisotopic (exact) mass is 311 g/mol. The van der Waals surface area contributed by atoms with Crippen molar-refractivity contribution in [1.82, 2.24) is 0 Å². The second-order valence-electron chi connectivity index (χ2n) is 5.05. The molecule has 0 radical (unpaired) electrons. The van der Waals surface area contributed by atoms with Crippen molar-refractivity contribution < 1.29 is 29.0 Å². The molecule has 2 aromatic rings. The number of carbonyl (C=O) groups is 3. The number of benzene rings is 2. The Hall–Kier alpha value is -3.35. The van der Waals surface area contributed by atoms with Crippen LogP contribution >= 0.6 is 0 Å². The summed E-state index contributed by atoms with van der Waals surface area (Å²) in [4.78, 5) is 37.0. The highest BCUT2D eigenvalue weighted by molar-refractivity contribution is 6.34. The van der Waals surface area contributed by atoms with Gasteiger partial charge < -0.3 is 14.6 Å². The molecule has 0 spiro atoms. The fourth-order valence-corrected chi connectivity index (χ4v) is 2.63. The van der Waals surface area contributed by atoms with E-state index < -0.39 is 17.8 Å². The van der Waals surface area contributed by atoms with Crippen molar-refractivity contribution in [3.63, 3.8) is 0 Å². The van der Waals surface area contributed by atoms with Gasteiger partial charge >= 0.3 is 5.97 Å². The smallest absolute Gasteiger partial charge is 0.335 e. The van der Waals surface area contributed by atoms with Gasteiger partial charge in [-0.1, -0.05) is 0 Å². The average molecular weight is 311 g/mol. The molecule has 0 unspecified atom stereocenters. The van der Waals surface area contributed by atoms with Gasteiger partial charge in [-0.15, -0.1) is 0 Å². The van der Waals surface area contributed by atoms with Crippen LogP contribution in [0.5, 0.6) is 11.5 Å². The quantitative estimate of drug-likeness (QED) is 0.852. The Morgan fingerprint density at radius 1 is 0.957 bits per heavy atom. The number of ether oxygens (including phenoxy) is 2. The number of amides is 2. The third kappa shape index (κ3) is 1.87. The van der Waals surface area contributed by atoms with Crippen LogP contribution in [0.15, 0.2) is 36.4 Å². The molecule has 7 nitrogen and oxygen atoms in total. The molecule has 23 heavy (non-hydrogen) atoms. The van der Waals surface area contributed by atoms with Gasteiger partial charge in [0.15, 0.2) is 11.5 Å². The molecule has 0 fully saturated rings. The molecule has 2 amide bonds. The van der Waals surface area contributed by atoms with E-state index in [1.165, 1.54) is 18.2 Å². The van der Waals surface area contributed by atoms with Crippen molar-refractivity contribution in [3.05, 3.63) is 53.1 Å². The first-order chi connectivity index (χ1) is 11.1. The van der Waals surface area contributed by atoms with Crippen molar-refractivity contribution in [2.75, 3.05) is 11.7 Å². The maximum absolute atomic E-state index is 12.5. The van der Waals surface area contributed by atoms with Gasteiger partial charge in [0.1, 0.15) is 0 Å². The van der Waals surface area contributed by atoms with Gasteiger partial charge in [-0.2, -0.15) is 0 Å². The third-order valence-corrected chi connectivity index (χ3v) is 3.75. The molecule has 0 aliphatic carbocycles. The second-order valence-corrected chi connectivity index (χ2v) is 5.05. The Bertz CT molecular complexity index is 888. The van der Waals surface area contributed by atoms with Crippen LogP contribution < -0.4 is 14.4 Å². The molecule has 0 saturated carbocycles. The lowest BCUT2D eigenvalue weighted by Crippen LogP contribution is -2.29. The fourth-order valence-electron chi connectivity index (χ4n) is 2.63. The Labute approximate surface area is 129 Å². The number of anilines is 1. The standard InChI is InChI=1S/C16H9NO6/c18-14-10-3-1-8(16(20)21)5-11(10)15(19)17(14)9-2-4-12-13(6-9)23-7-22-12/h1-6H,7H2,(H,20,21).